The summed E-state index contributed by atoms with van der Waals surface area (Å²) in [5.41, 5.74) is 0. The number of methoxy groups -OCH3 is 1. The van der Waals surface area contributed by atoms with Gasteiger partial charge in [0.2, 0.25) is 5.91 Å². The molecule has 0 unspecified atom stereocenters. The summed E-state index contributed by atoms with van der Waals surface area (Å²) in [6, 6.07) is 3.41. The van der Waals surface area contributed by atoms with Gasteiger partial charge in [-0.05, 0) is 39.8 Å². The zero-order valence-electron chi connectivity index (χ0n) is 15.3. The van der Waals surface area contributed by atoms with Crippen molar-refractivity contribution in [2.24, 2.45) is 0 Å². The largest absolute Gasteiger partial charge is 0.464 e. The first-order valence-electron chi connectivity index (χ1n) is 8.25. The second-order valence-electron chi connectivity index (χ2n) is 5.88. The van der Waals surface area contributed by atoms with E-state index in [1.807, 2.05) is 39.8 Å². The summed E-state index contributed by atoms with van der Waals surface area (Å²) in [6.45, 7) is 9.25. The van der Waals surface area contributed by atoms with Crippen molar-refractivity contribution in [1.82, 2.24) is 15.1 Å². The number of ether oxygens (including phenoxy) is 1. The molecule has 0 saturated heterocycles. The Morgan fingerprint density at radius 2 is 2.04 bits per heavy atom. The van der Waals surface area contributed by atoms with Crippen molar-refractivity contribution >= 4 is 11.9 Å². The Morgan fingerprint density at radius 1 is 1.33 bits per heavy atom. The third kappa shape index (κ3) is 6.23. The molecule has 0 saturated carbocycles. The molecular weight excluding hydrogens is 310 g/mol. The summed E-state index contributed by atoms with van der Waals surface area (Å²) in [5.74, 6) is 1.38. The highest BCUT2D eigenvalue weighted by molar-refractivity contribution is 5.84. The number of aryl methyl sites for hydroxylation is 1. The van der Waals surface area contributed by atoms with Crippen molar-refractivity contribution < 1.29 is 18.7 Å². The Labute approximate surface area is 143 Å². The van der Waals surface area contributed by atoms with Crippen LogP contribution in [-0.4, -0.2) is 61.1 Å². The molecule has 7 nitrogen and oxygen atoms in total. The van der Waals surface area contributed by atoms with Gasteiger partial charge in [-0.3, -0.25) is 4.79 Å². The molecule has 0 radical (unpaired) electrons. The molecule has 0 aliphatic carbocycles. The van der Waals surface area contributed by atoms with Gasteiger partial charge in [0.05, 0.1) is 13.2 Å². The van der Waals surface area contributed by atoms with Gasteiger partial charge in [0.25, 0.3) is 0 Å². The number of nitrogens with one attached hydrogen (secondary N) is 1. The molecule has 0 atom stereocenters. The third-order valence-corrected chi connectivity index (χ3v) is 3.58. The monoisotopic (exact) mass is 339 g/mol. The average molecular weight is 339 g/mol. The highest BCUT2D eigenvalue weighted by Crippen LogP contribution is 2.11. The minimum absolute atomic E-state index is 0.0207. The van der Waals surface area contributed by atoms with Crippen LogP contribution in [0.2, 0.25) is 0 Å². The van der Waals surface area contributed by atoms with Crippen LogP contribution in [0.4, 0.5) is 4.79 Å². The number of carbonyl (C=O) groups excluding carboxylic acids is 2. The molecule has 0 fully saturated rings. The number of nitrogens with zero attached hydrogens (tertiary/aromatic N) is 2. The first-order valence-corrected chi connectivity index (χ1v) is 8.25. The van der Waals surface area contributed by atoms with Crippen LogP contribution in [0.25, 0.3) is 0 Å². The predicted molar refractivity (Wildman–Crippen MR) is 91.7 cm³/mol. The van der Waals surface area contributed by atoms with Gasteiger partial charge in [-0.2, -0.15) is 0 Å². The fourth-order valence-electron chi connectivity index (χ4n) is 2.24. The predicted octanol–water partition coefficient (Wildman–Crippen LogP) is 2.00. The van der Waals surface area contributed by atoms with E-state index in [1.165, 1.54) is 4.90 Å². The molecule has 1 aromatic heterocycles. The van der Waals surface area contributed by atoms with Crippen LogP contribution in [-0.2, 0) is 16.1 Å². The number of amides is 3. The lowest BCUT2D eigenvalue weighted by Crippen LogP contribution is -2.49. The topological polar surface area (TPSA) is 75.0 Å². The van der Waals surface area contributed by atoms with Gasteiger partial charge in [-0.1, -0.05) is 0 Å². The zero-order chi connectivity index (χ0) is 18.1. The van der Waals surface area contributed by atoms with Crippen molar-refractivity contribution in [3.05, 3.63) is 23.7 Å². The van der Waals surface area contributed by atoms with Gasteiger partial charge in [-0.15, -0.1) is 0 Å². The highest BCUT2D eigenvalue weighted by atomic mass is 16.5. The fraction of sp³-hybridized carbons (Fsp3) is 0.647. The zero-order valence-corrected chi connectivity index (χ0v) is 15.3. The smallest absolute Gasteiger partial charge is 0.318 e. The highest BCUT2D eigenvalue weighted by Gasteiger charge is 2.23. The van der Waals surface area contributed by atoms with E-state index in [1.54, 1.807) is 12.0 Å². The molecule has 136 valence electrons. The molecule has 1 aromatic rings. The summed E-state index contributed by atoms with van der Waals surface area (Å²) < 4.78 is 10.6. The SMILES string of the molecule is CCNC(=O)N(CC(=O)N(CCOC)Cc1ccc(C)o1)C(C)C. The summed E-state index contributed by atoms with van der Waals surface area (Å²) in [5, 5.41) is 2.74. The Morgan fingerprint density at radius 3 is 2.54 bits per heavy atom. The van der Waals surface area contributed by atoms with E-state index in [4.69, 9.17) is 9.15 Å². The van der Waals surface area contributed by atoms with Crippen LogP contribution < -0.4 is 5.32 Å². The molecule has 0 aromatic carbocycles. The van der Waals surface area contributed by atoms with Gasteiger partial charge < -0.3 is 24.3 Å². The molecule has 1 heterocycles. The second-order valence-corrected chi connectivity index (χ2v) is 5.88. The maximum absolute atomic E-state index is 12.7. The Balaban J connectivity index is 2.79. The number of rotatable bonds is 9. The van der Waals surface area contributed by atoms with Crippen LogP contribution in [0.15, 0.2) is 16.5 Å². The number of urea groups is 1. The minimum atomic E-state index is -0.235. The number of hydrogen-bond acceptors (Lipinski definition) is 4. The molecule has 7 heteroatoms. The molecular formula is C17H29N3O4. The van der Waals surface area contributed by atoms with Crippen molar-refractivity contribution in [3.63, 3.8) is 0 Å². The normalized spacial score (nSPS) is 10.8. The van der Waals surface area contributed by atoms with E-state index in [0.717, 1.165) is 5.76 Å². The van der Waals surface area contributed by atoms with Gasteiger partial charge in [0.15, 0.2) is 0 Å². The Bertz CT molecular complexity index is 528. The van der Waals surface area contributed by atoms with E-state index < -0.39 is 0 Å². The lowest BCUT2D eigenvalue weighted by atomic mass is 10.3. The number of hydrogen-bond donors (Lipinski definition) is 1. The van der Waals surface area contributed by atoms with E-state index in [0.29, 0.717) is 32.0 Å². The van der Waals surface area contributed by atoms with Crippen molar-refractivity contribution in [1.29, 1.82) is 0 Å². The summed E-state index contributed by atoms with van der Waals surface area (Å²) in [4.78, 5) is 28.0. The van der Waals surface area contributed by atoms with Crippen LogP contribution >= 0.6 is 0 Å². The molecule has 0 bridgehead atoms. The minimum Gasteiger partial charge on any atom is -0.464 e. The van der Waals surface area contributed by atoms with E-state index in [9.17, 15) is 9.59 Å². The third-order valence-electron chi connectivity index (χ3n) is 3.58. The second kappa shape index (κ2) is 9.97. The lowest BCUT2D eigenvalue weighted by molar-refractivity contribution is -0.133. The van der Waals surface area contributed by atoms with Gasteiger partial charge in [0, 0.05) is 26.2 Å². The van der Waals surface area contributed by atoms with E-state index >= 15 is 0 Å². The van der Waals surface area contributed by atoms with E-state index in [2.05, 4.69) is 5.32 Å². The average Bonchev–Trinajstić information content (AvgIpc) is 2.93. The van der Waals surface area contributed by atoms with Crippen LogP contribution in [0.3, 0.4) is 0 Å². The maximum atomic E-state index is 12.7. The van der Waals surface area contributed by atoms with E-state index in [-0.39, 0.29) is 24.5 Å². The first-order chi connectivity index (χ1) is 11.4. The standard InChI is InChI=1S/C17H29N3O4/c1-6-18-17(22)20(13(2)3)12-16(21)19(9-10-23-5)11-15-8-7-14(4)24-15/h7-8,13H,6,9-12H2,1-5H3,(H,18,22). The fourth-order valence-corrected chi connectivity index (χ4v) is 2.24. The van der Waals surface area contributed by atoms with Crippen molar-refractivity contribution in [2.45, 2.75) is 40.3 Å². The quantitative estimate of drug-likeness (QED) is 0.747. The molecule has 1 rings (SSSR count). The number of furan rings is 1. The molecule has 24 heavy (non-hydrogen) atoms. The first kappa shape index (κ1) is 20.0. The van der Waals surface area contributed by atoms with Crippen LogP contribution in [0.1, 0.15) is 32.3 Å². The lowest BCUT2D eigenvalue weighted by Gasteiger charge is -2.29. The van der Waals surface area contributed by atoms with Crippen LogP contribution in [0, 0.1) is 6.92 Å². The Hall–Kier alpha value is -2.02. The number of carbonyl (C=O) groups is 2. The molecule has 1 N–H and O–H groups in total. The van der Waals surface area contributed by atoms with Crippen molar-refractivity contribution in [2.75, 3.05) is 33.4 Å². The van der Waals surface area contributed by atoms with Gasteiger partial charge in [-0.25, -0.2) is 4.79 Å². The Kier molecular flexibility index (Phi) is 8.32. The molecule has 0 aliphatic rings. The van der Waals surface area contributed by atoms with Crippen molar-refractivity contribution in [3.8, 4) is 0 Å². The summed E-state index contributed by atoms with van der Waals surface area (Å²) >= 11 is 0. The van der Waals surface area contributed by atoms with Gasteiger partial charge in [0.1, 0.15) is 18.1 Å². The van der Waals surface area contributed by atoms with Crippen LogP contribution in [0.5, 0.6) is 0 Å². The molecule has 0 aliphatic heterocycles. The molecule has 0 spiro atoms. The summed E-state index contributed by atoms with van der Waals surface area (Å²) in [7, 11) is 1.59. The maximum Gasteiger partial charge on any atom is 0.318 e. The summed E-state index contributed by atoms with van der Waals surface area (Å²) in [6.07, 6.45) is 0. The van der Waals surface area contributed by atoms with Gasteiger partial charge >= 0.3 is 6.03 Å². The molecule has 3 amide bonds.